The number of benzene rings is 1. The lowest BCUT2D eigenvalue weighted by Crippen LogP contribution is -2.48. The minimum absolute atomic E-state index is 0.0107. The lowest BCUT2D eigenvalue weighted by atomic mass is 10.0. The van der Waals surface area contributed by atoms with Crippen LogP contribution >= 0.6 is 0 Å². The van der Waals surface area contributed by atoms with E-state index in [1.165, 1.54) is 25.3 Å². The smallest absolute Gasteiger partial charge is 0.255 e. The van der Waals surface area contributed by atoms with E-state index in [-0.39, 0.29) is 28.7 Å². The molecule has 4 rings (SSSR count). The lowest BCUT2D eigenvalue weighted by Gasteiger charge is -2.30. The summed E-state index contributed by atoms with van der Waals surface area (Å²) < 4.78 is 30.7. The van der Waals surface area contributed by atoms with Gasteiger partial charge in [-0.25, -0.2) is 8.42 Å². The molecule has 2 heterocycles. The molecule has 1 saturated carbocycles. The molecule has 6 nitrogen and oxygen atoms in total. The summed E-state index contributed by atoms with van der Waals surface area (Å²) in [6.07, 6.45) is 5.34. The molecule has 1 amide bonds. The molecule has 1 aliphatic carbocycles. The second-order valence-electron chi connectivity index (χ2n) is 8.44. The standard InChI is InChI=1S/C21H30N2O4S/c1-4-28(25,26)17-11-15-10-13(2)27-20(15)18(12-17)21(24)22-14(3)19-6-5-9-23(19)16-7-8-16/h11-14,16,19H,4-10H2,1-3H3,(H,22,24). The average molecular weight is 407 g/mol. The zero-order valence-corrected chi connectivity index (χ0v) is 17.7. The predicted molar refractivity (Wildman–Crippen MR) is 108 cm³/mol. The molecule has 1 aromatic carbocycles. The van der Waals surface area contributed by atoms with E-state index in [2.05, 4.69) is 17.1 Å². The molecule has 0 aromatic heterocycles. The molecule has 3 aliphatic rings. The van der Waals surface area contributed by atoms with E-state index in [4.69, 9.17) is 4.74 Å². The molecule has 3 atom stereocenters. The van der Waals surface area contributed by atoms with E-state index in [0.29, 0.717) is 29.8 Å². The molecule has 28 heavy (non-hydrogen) atoms. The minimum atomic E-state index is -3.39. The normalized spacial score (nSPS) is 26.0. The van der Waals surface area contributed by atoms with Crippen molar-refractivity contribution in [1.82, 2.24) is 10.2 Å². The molecule has 1 aromatic rings. The predicted octanol–water partition coefficient (Wildman–Crippen LogP) is 2.55. The van der Waals surface area contributed by atoms with E-state index in [0.717, 1.165) is 18.5 Å². The minimum Gasteiger partial charge on any atom is -0.489 e. The van der Waals surface area contributed by atoms with E-state index < -0.39 is 9.84 Å². The molecule has 2 fully saturated rings. The van der Waals surface area contributed by atoms with Crippen LogP contribution in [0.3, 0.4) is 0 Å². The van der Waals surface area contributed by atoms with Gasteiger partial charge >= 0.3 is 0 Å². The van der Waals surface area contributed by atoms with Crippen molar-refractivity contribution >= 4 is 15.7 Å². The van der Waals surface area contributed by atoms with Crippen molar-refractivity contribution in [3.63, 3.8) is 0 Å². The highest BCUT2D eigenvalue weighted by Crippen LogP contribution is 2.37. The number of likely N-dealkylation sites (tertiary alicyclic amines) is 1. The van der Waals surface area contributed by atoms with Crippen LogP contribution in [0.25, 0.3) is 0 Å². The number of carbonyl (C=O) groups excluding carboxylic acids is 1. The van der Waals surface area contributed by atoms with Crippen LogP contribution in [-0.4, -0.2) is 55.8 Å². The Bertz CT molecular complexity index is 879. The monoisotopic (exact) mass is 406 g/mol. The van der Waals surface area contributed by atoms with Crippen LogP contribution in [0.1, 0.15) is 62.4 Å². The maximum Gasteiger partial charge on any atom is 0.255 e. The number of ether oxygens (including phenoxy) is 1. The van der Waals surface area contributed by atoms with Gasteiger partial charge in [0.1, 0.15) is 11.9 Å². The van der Waals surface area contributed by atoms with Crippen LogP contribution in [0.4, 0.5) is 0 Å². The van der Waals surface area contributed by atoms with Gasteiger partial charge in [0.25, 0.3) is 5.91 Å². The molecule has 0 bridgehead atoms. The zero-order valence-electron chi connectivity index (χ0n) is 16.9. The second-order valence-corrected chi connectivity index (χ2v) is 10.7. The van der Waals surface area contributed by atoms with Crippen LogP contribution in [0, 0.1) is 0 Å². The second kappa shape index (κ2) is 7.34. The van der Waals surface area contributed by atoms with Gasteiger partial charge in [-0.15, -0.1) is 0 Å². The fraction of sp³-hybridized carbons (Fsp3) is 0.667. The third-order valence-electron chi connectivity index (χ3n) is 6.24. The van der Waals surface area contributed by atoms with Gasteiger partial charge in [0.05, 0.1) is 16.2 Å². The third kappa shape index (κ3) is 3.66. The van der Waals surface area contributed by atoms with E-state index in [1.54, 1.807) is 13.0 Å². The summed E-state index contributed by atoms with van der Waals surface area (Å²) in [5.74, 6) is 0.310. The fourth-order valence-corrected chi connectivity index (χ4v) is 5.56. The van der Waals surface area contributed by atoms with Gasteiger partial charge in [0.15, 0.2) is 9.84 Å². The molecule has 7 heteroatoms. The van der Waals surface area contributed by atoms with Gasteiger partial charge in [0, 0.05) is 24.5 Å². The summed E-state index contributed by atoms with van der Waals surface area (Å²) in [6, 6.07) is 4.20. The highest BCUT2D eigenvalue weighted by Gasteiger charge is 2.39. The number of hydrogen-bond acceptors (Lipinski definition) is 5. The average Bonchev–Trinajstić information content (AvgIpc) is 3.24. The number of carbonyl (C=O) groups is 1. The van der Waals surface area contributed by atoms with Crippen molar-refractivity contribution in [3.05, 3.63) is 23.3 Å². The first kappa shape index (κ1) is 19.7. The van der Waals surface area contributed by atoms with Gasteiger partial charge in [-0.3, -0.25) is 9.69 Å². The van der Waals surface area contributed by atoms with Crippen LogP contribution < -0.4 is 10.1 Å². The quantitative estimate of drug-likeness (QED) is 0.786. The maximum atomic E-state index is 13.1. The first-order valence-corrected chi connectivity index (χ1v) is 12.1. The van der Waals surface area contributed by atoms with Crippen LogP contribution in [-0.2, 0) is 16.3 Å². The van der Waals surface area contributed by atoms with Crippen molar-refractivity contribution in [1.29, 1.82) is 0 Å². The molecule has 0 spiro atoms. The molecular formula is C21H30N2O4S. The summed E-state index contributed by atoms with van der Waals surface area (Å²) in [5, 5.41) is 3.14. The molecule has 1 saturated heterocycles. The van der Waals surface area contributed by atoms with E-state index >= 15 is 0 Å². The van der Waals surface area contributed by atoms with E-state index in [1.807, 2.05) is 6.92 Å². The number of nitrogens with one attached hydrogen (secondary N) is 1. The topological polar surface area (TPSA) is 75.7 Å². The van der Waals surface area contributed by atoms with Crippen molar-refractivity contribution in [2.75, 3.05) is 12.3 Å². The SMILES string of the molecule is CCS(=O)(=O)c1cc2c(c(C(=O)NC(C)C3CCCN3C3CC3)c1)OC(C)C2. The number of sulfone groups is 1. The Morgan fingerprint density at radius 3 is 2.75 bits per heavy atom. The molecule has 1 N–H and O–H groups in total. The Kier molecular flexibility index (Phi) is 5.16. The Hall–Kier alpha value is -1.60. The highest BCUT2D eigenvalue weighted by atomic mass is 32.2. The Balaban J connectivity index is 1.60. The van der Waals surface area contributed by atoms with Crippen molar-refractivity contribution in [2.24, 2.45) is 0 Å². The lowest BCUT2D eigenvalue weighted by molar-refractivity contribution is 0.0906. The zero-order chi connectivity index (χ0) is 20.1. The van der Waals surface area contributed by atoms with Gasteiger partial charge in [-0.1, -0.05) is 6.92 Å². The fourth-order valence-electron chi connectivity index (χ4n) is 4.61. The summed E-state index contributed by atoms with van der Waals surface area (Å²) in [6.45, 7) is 6.72. The van der Waals surface area contributed by atoms with Gasteiger partial charge < -0.3 is 10.1 Å². The number of fused-ring (bicyclic) bond motifs is 1. The molecule has 3 unspecified atom stereocenters. The van der Waals surface area contributed by atoms with E-state index in [9.17, 15) is 13.2 Å². The molecule has 2 aliphatic heterocycles. The van der Waals surface area contributed by atoms with Crippen molar-refractivity contribution in [2.45, 2.75) is 82.0 Å². The molecule has 154 valence electrons. The summed E-state index contributed by atoms with van der Waals surface area (Å²) >= 11 is 0. The summed E-state index contributed by atoms with van der Waals surface area (Å²) in [5.41, 5.74) is 1.15. The highest BCUT2D eigenvalue weighted by molar-refractivity contribution is 7.91. The van der Waals surface area contributed by atoms with Crippen LogP contribution in [0.5, 0.6) is 5.75 Å². The van der Waals surface area contributed by atoms with Gasteiger partial charge in [-0.05, 0) is 63.8 Å². The molecular weight excluding hydrogens is 376 g/mol. The van der Waals surface area contributed by atoms with Gasteiger partial charge in [-0.2, -0.15) is 0 Å². The Morgan fingerprint density at radius 1 is 1.32 bits per heavy atom. The van der Waals surface area contributed by atoms with Gasteiger partial charge in [0.2, 0.25) is 0 Å². The summed E-state index contributed by atoms with van der Waals surface area (Å²) in [7, 11) is -3.39. The summed E-state index contributed by atoms with van der Waals surface area (Å²) in [4.78, 5) is 15.9. The first-order chi connectivity index (χ1) is 13.3. The number of amides is 1. The largest absolute Gasteiger partial charge is 0.489 e. The number of hydrogen-bond donors (Lipinski definition) is 1. The van der Waals surface area contributed by atoms with Crippen LogP contribution in [0.2, 0.25) is 0 Å². The van der Waals surface area contributed by atoms with Crippen molar-refractivity contribution in [3.8, 4) is 5.75 Å². The first-order valence-electron chi connectivity index (χ1n) is 10.4. The van der Waals surface area contributed by atoms with Crippen LogP contribution in [0.15, 0.2) is 17.0 Å². The Labute approximate surface area is 167 Å². The van der Waals surface area contributed by atoms with Crippen molar-refractivity contribution < 1.29 is 17.9 Å². The number of rotatable bonds is 6. The maximum absolute atomic E-state index is 13.1. The Morgan fingerprint density at radius 2 is 2.07 bits per heavy atom. The third-order valence-corrected chi connectivity index (χ3v) is 7.96. The molecule has 0 radical (unpaired) electrons. The number of nitrogens with zero attached hydrogens (tertiary/aromatic N) is 1.